The van der Waals surface area contributed by atoms with Crippen LogP contribution in [-0.2, 0) is 6.54 Å². The molecule has 1 saturated carbocycles. The van der Waals surface area contributed by atoms with Crippen molar-refractivity contribution in [1.29, 1.82) is 0 Å². The molecule has 1 heterocycles. The lowest BCUT2D eigenvalue weighted by Gasteiger charge is -2.21. The minimum atomic E-state index is -0.00889. The van der Waals surface area contributed by atoms with Gasteiger partial charge in [0, 0.05) is 6.54 Å². The summed E-state index contributed by atoms with van der Waals surface area (Å²) in [6.07, 6.45) is 8.21. The van der Waals surface area contributed by atoms with Crippen molar-refractivity contribution >= 4 is 0 Å². The van der Waals surface area contributed by atoms with Gasteiger partial charge < -0.3 is 5.11 Å². The van der Waals surface area contributed by atoms with Crippen LogP contribution in [0.3, 0.4) is 0 Å². The fourth-order valence-corrected chi connectivity index (χ4v) is 2.18. The van der Waals surface area contributed by atoms with Crippen molar-refractivity contribution in [3.63, 3.8) is 0 Å². The van der Waals surface area contributed by atoms with Crippen LogP contribution in [0.25, 0.3) is 0 Å². The maximum absolute atomic E-state index is 8.80. The topological polar surface area (TPSA) is 63.8 Å². The van der Waals surface area contributed by atoms with Crippen LogP contribution in [0.15, 0.2) is 0 Å². The second-order valence-electron chi connectivity index (χ2n) is 4.11. The number of nitrogens with zero attached hydrogens (tertiary/aromatic N) is 4. The highest BCUT2D eigenvalue weighted by atomic mass is 16.3. The molecule has 1 aromatic heterocycles. The van der Waals surface area contributed by atoms with Gasteiger partial charge in [-0.1, -0.05) is 19.3 Å². The minimum Gasteiger partial charge on any atom is -0.396 e. The summed E-state index contributed by atoms with van der Waals surface area (Å²) in [7, 11) is 0. The number of hydrogen-bond acceptors (Lipinski definition) is 4. The number of hydrogen-bond donors (Lipinski definition) is 1. The van der Waals surface area contributed by atoms with Gasteiger partial charge in [-0.05, 0) is 29.2 Å². The van der Waals surface area contributed by atoms with E-state index < -0.39 is 0 Å². The maximum atomic E-state index is 8.80. The van der Waals surface area contributed by atoms with Gasteiger partial charge in [-0.25, -0.2) is 4.68 Å². The molecule has 1 radical (unpaired) electrons. The van der Waals surface area contributed by atoms with Crippen LogP contribution in [-0.4, -0.2) is 31.9 Å². The Balaban J connectivity index is 1.93. The first-order valence-corrected chi connectivity index (χ1v) is 5.60. The molecule has 1 aliphatic rings. The molecule has 15 heavy (non-hydrogen) atoms. The third-order valence-electron chi connectivity index (χ3n) is 2.99. The fourth-order valence-electron chi connectivity index (χ4n) is 2.18. The van der Waals surface area contributed by atoms with Gasteiger partial charge in [-0.15, -0.1) is 5.10 Å². The molecule has 1 aromatic rings. The lowest BCUT2D eigenvalue weighted by Crippen LogP contribution is -2.17. The average Bonchev–Trinajstić information content (AvgIpc) is 2.68. The van der Waals surface area contributed by atoms with Gasteiger partial charge in [0.05, 0.1) is 13.0 Å². The summed E-state index contributed by atoms with van der Waals surface area (Å²) in [6, 6.07) is 0. The second kappa shape index (κ2) is 5.21. The number of aromatic nitrogens is 4. The van der Waals surface area contributed by atoms with E-state index in [-0.39, 0.29) is 6.61 Å². The van der Waals surface area contributed by atoms with Gasteiger partial charge in [0.15, 0.2) is 5.82 Å². The lowest BCUT2D eigenvalue weighted by molar-refractivity contribution is 0.298. The summed E-state index contributed by atoms with van der Waals surface area (Å²) < 4.78 is 1.80. The molecular formula is C10H17N4O. The average molecular weight is 209 g/mol. The van der Waals surface area contributed by atoms with Gasteiger partial charge in [-0.2, -0.15) is 0 Å². The van der Waals surface area contributed by atoms with Crippen LogP contribution in [0, 0.1) is 12.3 Å². The quantitative estimate of drug-likeness (QED) is 0.796. The molecule has 5 nitrogen and oxygen atoms in total. The van der Waals surface area contributed by atoms with Crippen LogP contribution in [0.1, 0.15) is 37.9 Å². The highest BCUT2D eigenvalue weighted by molar-refractivity contribution is 4.97. The molecule has 5 heteroatoms. The molecule has 0 saturated heterocycles. The smallest absolute Gasteiger partial charge is 0.157 e. The molecule has 0 aromatic carbocycles. The first-order chi connectivity index (χ1) is 7.40. The number of rotatable bonds is 4. The van der Waals surface area contributed by atoms with E-state index in [0.717, 1.165) is 6.54 Å². The monoisotopic (exact) mass is 209 g/mol. The van der Waals surface area contributed by atoms with E-state index >= 15 is 0 Å². The SMILES string of the molecule is OC[CH]c1nnnn1CC1CCCCC1. The third kappa shape index (κ3) is 2.75. The maximum Gasteiger partial charge on any atom is 0.157 e. The summed E-state index contributed by atoms with van der Waals surface area (Å²) in [5.41, 5.74) is 0. The molecule has 0 spiro atoms. The van der Waals surface area contributed by atoms with Crippen LogP contribution in [0.2, 0.25) is 0 Å². The van der Waals surface area contributed by atoms with Gasteiger partial charge >= 0.3 is 0 Å². The first kappa shape index (κ1) is 10.5. The molecule has 0 atom stereocenters. The molecular weight excluding hydrogens is 192 g/mol. The highest BCUT2D eigenvalue weighted by Crippen LogP contribution is 2.24. The van der Waals surface area contributed by atoms with E-state index in [4.69, 9.17) is 5.11 Å². The Hall–Kier alpha value is -0.970. The van der Waals surface area contributed by atoms with Crippen molar-refractivity contribution in [2.24, 2.45) is 5.92 Å². The third-order valence-corrected chi connectivity index (χ3v) is 2.99. The lowest BCUT2D eigenvalue weighted by atomic mass is 9.89. The van der Waals surface area contributed by atoms with E-state index in [1.54, 1.807) is 11.1 Å². The van der Waals surface area contributed by atoms with Gasteiger partial charge in [0.1, 0.15) is 0 Å². The molecule has 0 aliphatic heterocycles. The van der Waals surface area contributed by atoms with Crippen LogP contribution < -0.4 is 0 Å². The molecule has 1 fully saturated rings. The van der Waals surface area contributed by atoms with Crippen LogP contribution >= 0.6 is 0 Å². The Morgan fingerprint density at radius 2 is 2.13 bits per heavy atom. The Morgan fingerprint density at radius 1 is 1.33 bits per heavy atom. The van der Waals surface area contributed by atoms with Crippen molar-refractivity contribution in [3.8, 4) is 0 Å². The largest absolute Gasteiger partial charge is 0.396 e. The molecule has 0 amide bonds. The number of aliphatic hydroxyl groups is 1. The summed E-state index contributed by atoms with van der Waals surface area (Å²) in [5.74, 6) is 1.39. The highest BCUT2D eigenvalue weighted by Gasteiger charge is 2.16. The van der Waals surface area contributed by atoms with Crippen molar-refractivity contribution in [3.05, 3.63) is 12.2 Å². The molecule has 0 bridgehead atoms. The minimum absolute atomic E-state index is 0.00889. The molecule has 0 unspecified atom stereocenters. The van der Waals surface area contributed by atoms with Crippen molar-refractivity contribution in [2.75, 3.05) is 6.61 Å². The van der Waals surface area contributed by atoms with E-state index in [2.05, 4.69) is 15.5 Å². The Bertz CT molecular complexity index is 293. The Kier molecular flexibility index (Phi) is 3.66. The first-order valence-electron chi connectivity index (χ1n) is 5.60. The van der Waals surface area contributed by atoms with Crippen molar-refractivity contribution in [1.82, 2.24) is 20.2 Å². The zero-order chi connectivity index (χ0) is 10.5. The Morgan fingerprint density at radius 3 is 2.87 bits per heavy atom. The van der Waals surface area contributed by atoms with Crippen molar-refractivity contribution < 1.29 is 5.11 Å². The molecule has 83 valence electrons. The zero-order valence-electron chi connectivity index (χ0n) is 8.84. The second-order valence-corrected chi connectivity index (χ2v) is 4.11. The molecule has 2 rings (SSSR count). The van der Waals surface area contributed by atoms with E-state index in [1.165, 1.54) is 32.1 Å². The van der Waals surface area contributed by atoms with Gasteiger partial charge in [0.2, 0.25) is 0 Å². The van der Waals surface area contributed by atoms with Crippen molar-refractivity contribution in [2.45, 2.75) is 38.6 Å². The van der Waals surface area contributed by atoms with Gasteiger partial charge in [0.25, 0.3) is 0 Å². The van der Waals surface area contributed by atoms with Crippen LogP contribution in [0.5, 0.6) is 0 Å². The Labute approximate surface area is 89.5 Å². The number of aliphatic hydroxyl groups excluding tert-OH is 1. The summed E-state index contributed by atoms with van der Waals surface area (Å²) in [5, 5.41) is 20.2. The predicted octanol–water partition coefficient (Wildman–Crippen LogP) is 0.798. The molecule has 1 aliphatic carbocycles. The summed E-state index contributed by atoms with van der Waals surface area (Å²) >= 11 is 0. The number of tetrazole rings is 1. The van der Waals surface area contributed by atoms with E-state index in [1.807, 2.05) is 0 Å². The fraction of sp³-hybridized carbons (Fsp3) is 0.800. The standard InChI is InChI=1S/C10H17N4O/c15-7-6-10-11-12-13-14(10)8-9-4-2-1-3-5-9/h6,9,15H,1-5,7-8H2. The van der Waals surface area contributed by atoms with Gasteiger partial charge in [-0.3, -0.25) is 0 Å². The summed E-state index contributed by atoms with van der Waals surface area (Å²) in [4.78, 5) is 0. The van der Waals surface area contributed by atoms with E-state index in [0.29, 0.717) is 11.7 Å². The van der Waals surface area contributed by atoms with Crippen LogP contribution in [0.4, 0.5) is 0 Å². The predicted molar refractivity (Wildman–Crippen MR) is 54.9 cm³/mol. The molecule has 1 N–H and O–H groups in total. The summed E-state index contributed by atoms with van der Waals surface area (Å²) in [6.45, 7) is 0.879. The zero-order valence-corrected chi connectivity index (χ0v) is 8.84. The van der Waals surface area contributed by atoms with E-state index in [9.17, 15) is 0 Å². The normalized spacial score (nSPS) is 18.2.